The Labute approximate surface area is 165 Å². The third-order valence-electron chi connectivity index (χ3n) is 7.54. The van der Waals surface area contributed by atoms with Crippen LogP contribution in [0.5, 0.6) is 0 Å². The zero-order valence-electron chi connectivity index (χ0n) is 16.3. The lowest BCUT2D eigenvalue weighted by Gasteiger charge is -2.51. The van der Waals surface area contributed by atoms with Gasteiger partial charge in [0.15, 0.2) is 0 Å². The first-order valence-corrected chi connectivity index (χ1v) is 11.3. The number of hydrogen-bond donors (Lipinski definition) is 0. The molecule has 27 heavy (non-hydrogen) atoms. The maximum absolute atomic E-state index is 13.3. The highest BCUT2D eigenvalue weighted by molar-refractivity contribution is 7.09. The van der Waals surface area contributed by atoms with E-state index in [0.29, 0.717) is 5.91 Å². The molecule has 5 fully saturated rings. The Kier molecular flexibility index (Phi) is 4.43. The van der Waals surface area contributed by atoms with E-state index in [9.17, 15) is 4.79 Å². The average Bonchev–Trinajstić information content (AvgIpc) is 3.16. The van der Waals surface area contributed by atoms with E-state index in [-0.39, 0.29) is 11.0 Å². The molecule has 5 aliphatic rings. The summed E-state index contributed by atoms with van der Waals surface area (Å²) in [5.41, 5.74) is -0.153. The van der Waals surface area contributed by atoms with Gasteiger partial charge in [-0.1, -0.05) is 0 Å². The van der Waals surface area contributed by atoms with Gasteiger partial charge in [-0.2, -0.15) is 4.37 Å². The molecule has 3 heterocycles. The van der Waals surface area contributed by atoms with E-state index in [0.717, 1.165) is 81.8 Å². The van der Waals surface area contributed by atoms with Gasteiger partial charge in [0.1, 0.15) is 5.82 Å². The number of hydrogen-bond acceptors (Lipinski definition) is 6. The third kappa shape index (κ3) is 3.16. The summed E-state index contributed by atoms with van der Waals surface area (Å²) in [7, 11) is 0. The molecule has 0 radical (unpaired) electrons. The first-order valence-electron chi connectivity index (χ1n) is 10.6. The Hall–Kier alpha value is -1.21. The summed E-state index contributed by atoms with van der Waals surface area (Å²) < 4.78 is 10.6. The Balaban J connectivity index is 1.23. The second kappa shape index (κ2) is 6.69. The molecule has 0 N–H and O–H groups in total. The van der Waals surface area contributed by atoms with Gasteiger partial charge in [-0.15, -0.1) is 0 Å². The van der Waals surface area contributed by atoms with E-state index >= 15 is 0 Å². The van der Waals surface area contributed by atoms with Crippen molar-refractivity contribution in [3.63, 3.8) is 0 Å². The quantitative estimate of drug-likeness (QED) is 0.777. The molecule has 1 amide bonds. The zero-order chi connectivity index (χ0) is 18.5. The topological polar surface area (TPSA) is 58.6 Å². The predicted octanol–water partition coefficient (Wildman–Crippen LogP) is 3.01. The Morgan fingerprint density at radius 3 is 2.44 bits per heavy atom. The van der Waals surface area contributed by atoms with Gasteiger partial charge in [0.2, 0.25) is 11.0 Å². The Morgan fingerprint density at radius 2 is 1.81 bits per heavy atom. The zero-order valence-corrected chi connectivity index (χ0v) is 17.1. The molecule has 3 aliphatic carbocycles. The molecule has 0 unspecified atom stereocenters. The van der Waals surface area contributed by atoms with Crippen molar-refractivity contribution in [1.29, 1.82) is 0 Å². The van der Waals surface area contributed by atoms with Crippen molar-refractivity contribution in [2.75, 3.05) is 37.7 Å². The van der Waals surface area contributed by atoms with Crippen molar-refractivity contribution < 1.29 is 9.53 Å². The molecule has 2 bridgehead atoms. The number of rotatable bonds is 2. The fraction of sp³-hybridized carbons (Fsp3) is 0.850. The summed E-state index contributed by atoms with van der Waals surface area (Å²) in [4.78, 5) is 22.4. The van der Waals surface area contributed by atoms with Gasteiger partial charge < -0.3 is 14.5 Å². The minimum absolute atomic E-state index is 0.0250. The second-order valence-corrected chi connectivity index (χ2v) is 9.86. The van der Waals surface area contributed by atoms with Crippen LogP contribution in [0.25, 0.3) is 0 Å². The van der Waals surface area contributed by atoms with Gasteiger partial charge in [-0.25, -0.2) is 4.98 Å². The summed E-state index contributed by atoms with van der Waals surface area (Å²) in [6, 6.07) is 0. The number of morpholine rings is 1. The van der Waals surface area contributed by atoms with Crippen molar-refractivity contribution in [2.45, 2.75) is 63.9 Å². The van der Waals surface area contributed by atoms with Crippen molar-refractivity contribution in [3.05, 3.63) is 5.82 Å². The van der Waals surface area contributed by atoms with E-state index in [1.807, 2.05) is 6.92 Å². The minimum atomic E-state index is -0.128. The molecule has 2 saturated heterocycles. The second-order valence-electron chi connectivity index (χ2n) is 9.13. The van der Waals surface area contributed by atoms with Crippen molar-refractivity contribution in [1.82, 2.24) is 14.3 Å². The van der Waals surface area contributed by atoms with Crippen LogP contribution in [0.3, 0.4) is 0 Å². The molecule has 148 valence electrons. The fourth-order valence-electron chi connectivity index (χ4n) is 5.75. The molecular weight excluding hydrogens is 360 g/mol. The largest absolute Gasteiger partial charge is 0.371 e. The van der Waals surface area contributed by atoms with Gasteiger partial charge in [-0.3, -0.25) is 4.79 Å². The van der Waals surface area contributed by atoms with Crippen LogP contribution in [0.2, 0.25) is 0 Å². The standard InChI is InChI=1S/C20H30N4O2S/c1-15-21-18(27-22-15)24-12-13-26-20(14-24)8-10-23(11-9-20)17(25)19-5-2-16(3-6-19)4-7-19/h16H,2-14H2,1H3. The maximum Gasteiger partial charge on any atom is 0.228 e. The number of carbonyl (C=O) groups excluding carboxylic acids is 1. The normalized spacial score (nSPS) is 32.9. The van der Waals surface area contributed by atoms with Gasteiger partial charge in [0.25, 0.3) is 0 Å². The molecule has 2 aliphatic heterocycles. The average molecular weight is 391 g/mol. The van der Waals surface area contributed by atoms with Gasteiger partial charge in [-0.05, 0) is 64.2 Å². The molecule has 7 heteroatoms. The number of carbonyl (C=O) groups is 1. The van der Waals surface area contributed by atoms with Crippen LogP contribution in [-0.4, -0.2) is 58.6 Å². The molecular formula is C20H30N4O2S. The van der Waals surface area contributed by atoms with Crippen LogP contribution in [-0.2, 0) is 9.53 Å². The van der Waals surface area contributed by atoms with Crippen LogP contribution < -0.4 is 4.90 Å². The highest BCUT2D eigenvalue weighted by Gasteiger charge is 2.49. The lowest BCUT2D eigenvalue weighted by molar-refractivity contribution is -0.155. The van der Waals surface area contributed by atoms with Crippen LogP contribution in [0, 0.1) is 18.3 Å². The fourth-order valence-corrected chi connectivity index (χ4v) is 6.45. The maximum atomic E-state index is 13.3. The number of aromatic nitrogens is 2. The number of likely N-dealkylation sites (tertiary alicyclic amines) is 1. The first kappa shape index (κ1) is 17.9. The first-order chi connectivity index (χ1) is 13.1. The lowest BCUT2D eigenvalue weighted by Crippen LogP contribution is -2.59. The van der Waals surface area contributed by atoms with E-state index in [1.165, 1.54) is 30.8 Å². The Bertz CT molecular complexity index is 691. The molecule has 6 nitrogen and oxygen atoms in total. The van der Waals surface area contributed by atoms with E-state index < -0.39 is 0 Å². The summed E-state index contributed by atoms with van der Waals surface area (Å²) in [6.07, 6.45) is 9.04. The number of fused-ring (bicyclic) bond motifs is 3. The van der Waals surface area contributed by atoms with Crippen LogP contribution in [0.4, 0.5) is 5.13 Å². The summed E-state index contributed by atoms with van der Waals surface area (Å²) >= 11 is 1.48. The van der Waals surface area contributed by atoms with Gasteiger partial charge >= 0.3 is 0 Å². The summed E-state index contributed by atoms with van der Waals surface area (Å²) in [6.45, 7) is 6.11. The summed E-state index contributed by atoms with van der Waals surface area (Å²) in [5, 5.41) is 1.01. The van der Waals surface area contributed by atoms with Crippen molar-refractivity contribution >= 4 is 22.6 Å². The number of anilines is 1. The predicted molar refractivity (Wildman–Crippen MR) is 105 cm³/mol. The molecule has 6 rings (SSSR count). The number of nitrogens with zero attached hydrogens (tertiary/aromatic N) is 4. The van der Waals surface area contributed by atoms with Crippen LogP contribution in [0.15, 0.2) is 0 Å². The SMILES string of the molecule is Cc1nsc(N2CCOC3(CCN(C(=O)C45CCC(CC4)CC5)CC3)C2)n1. The lowest BCUT2D eigenvalue weighted by atomic mass is 9.60. The molecule has 3 saturated carbocycles. The third-order valence-corrected chi connectivity index (χ3v) is 8.41. The van der Waals surface area contributed by atoms with E-state index in [2.05, 4.69) is 19.2 Å². The highest BCUT2D eigenvalue weighted by Crippen LogP contribution is 2.51. The van der Waals surface area contributed by atoms with E-state index in [1.54, 1.807) is 0 Å². The number of aryl methyl sites for hydroxylation is 1. The van der Waals surface area contributed by atoms with Crippen LogP contribution >= 0.6 is 11.5 Å². The van der Waals surface area contributed by atoms with Crippen molar-refractivity contribution in [2.24, 2.45) is 11.3 Å². The van der Waals surface area contributed by atoms with Gasteiger partial charge in [0, 0.05) is 43.1 Å². The minimum Gasteiger partial charge on any atom is -0.371 e. The molecule has 0 atom stereocenters. The van der Waals surface area contributed by atoms with E-state index in [4.69, 9.17) is 4.74 Å². The Morgan fingerprint density at radius 1 is 1.11 bits per heavy atom. The monoisotopic (exact) mass is 390 g/mol. The number of piperidine rings is 1. The number of ether oxygens (including phenoxy) is 1. The molecule has 1 aromatic heterocycles. The molecule has 1 spiro atoms. The molecule has 0 aromatic carbocycles. The smallest absolute Gasteiger partial charge is 0.228 e. The van der Waals surface area contributed by atoms with Crippen LogP contribution in [0.1, 0.15) is 57.2 Å². The van der Waals surface area contributed by atoms with Gasteiger partial charge in [0.05, 0.1) is 12.2 Å². The highest BCUT2D eigenvalue weighted by atomic mass is 32.1. The number of amides is 1. The molecule has 1 aromatic rings. The summed E-state index contributed by atoms with van der Waals surface area (Å²) in [5.74, 6) is 2.19. The van der Waals surface area contributed by atoms with Crippen molar-refractivity contribution in [3.8, 4) is 0 Å².